The summed E-state index contributed by atoms with van der Waals surface area (Å²) in [6, 6.07) is 50.6. The minimum atomic E-state index is -3.17. The van der Waals surface area contributed by atoms with Gasteiger partial charge < -0.3 is 4.57 Å². The Morgan fingerprint density at radius 1 is 0.389 bits per heavy atom. The lowest BCUT2D eigenvalue weighted by Gasteiger charge is -2.18. The van der Waals surface area contributed by atoms with Crippen LogP contribution in [0.15, 0.2) is 163 Å². The van der Waals surface area contributed by atoms with Gasteiger partial charge in [-0.1, -0.05) is 152 Å². The number of hydrogen-bond acceptors (Lipinski definition) is 1. The zero-order valence-corrected chi connectivity index (χ0v) is 20.8. The summed E-state index contributed by atoms with van der Waals surface area (Å²) in [6.07, 6.45) is 0. The largest absolute Gasteiger partial charge is 0.310 e. The highest BCUT2D eigenvalue weighted by Gasteiger charge is 2.23. The van der Waals surface area contributed by atoms with Crippen LogP contribution in [0.25, 0.3) is 11.1 Å². The van der Waals surface area contributed by atoms with Crippen LogP contribution in [-0.2, 0) is 4.57 Å². The Morgan fingerprint density at radius 3 is 0.917 bits per heavy atom. The Hall–Kier alpha value is -4.19. The van der Waals surface area contributed by atoms with E-state index in [0.29, 0.717) is 0 Å². The lowest BCUT2D eigenvalue weighted by molar-refractivity contribution is 0.592. The van der Waals surface area contributed by atoms with Crippen LogP contribution in [0.1, 0.15) is 22.3 Å². The molecule has 0 spiro atoms. The van der Waals surface area contributed by atoms with E-state index in [1.807, 2.05) is 115 Å². The van der Waals surface area contributed by atoms with Crippen LogP contribution in [0.2, 0.25) is 0 Å². The van der Waals surface area contributed by atoms with Gasteiger partial charge in [-0.3, -0.25) is 0 Å². The van der Waals surface area contributed by atoms with Gasteiger partial charge in [-0.2, -0.15) is 0 Å². The molecule has 0 radical (unpaired) electrons. The van der Waals surface area contributed by atoms with Gasteiger partial charge in [-0.25, -0.2) is 0 Å². The summed E-state index contributed by atoms with van der Waals surface area (Å²) in [7, 11) is -3.17. The van der Waals surface area contributed by atoms with E-state index in [-0.39, 0.29) is 0 Å². The van der Waals surface area contributed by atoms with Crippen LogP contribution in [-0.4, -0.2) is 0 Å². The molecular formula is C34H27OP. The average Bonchev–Trinajstić information content (AvgIpc) is 2.97. The van der Waals surface area contributed by atoms with Gasteiger partial charge >= 0.3 is 0 Å². The van der Waals surface area contributed by atoms with Gasteiger partial charge in [0.1, 0.15) is 0 Å². The lowest BCUT2D eigenvalue weighted by atomic mass is 10.00. The van der Waals surface area contributed by atoms with Crippen molar-refractivity contribution in [2.75, 3.05) is 0 Å². The Bertz CT molecular complexity index is 1330. The van der Waals surface area contributed by atoms with Crippen LogP contribution in [0, 0.1) is 0 Å². The normalized spacial score (nSPS) is 10.9. The molecule has 5 aromatic carbocycles. The smallest absolute Gasteiger partial charge is 0.158 e. The molecule has 0 aliphatic rings. The minimum absolute atomic E-state index is 0.804. The molecule has 2 heteroatoms. The number of rotatable bonds is 7. The highest BCUT2D eigenvalue weighted by molar-refractivity contribution is 7.77. The third-order valence-electron chi connectivity index (χ3n) is 6.14. The zero-order chi connectivity index (χ0) is 24.6. The lowest BCUT2D eigenvalue weighted by Crippen LogP contribution is -2.02. The molecule has 1 nitrogen and oxygen atoms in total. The minimum Gasteiger partial charge on any atom is -0.310 e. The van der Waals surface area contributed by atoms with E-state index in [4.69, 9.17) is 0 Å². The van der Waals surface area contributed by atoms with Crippen LogP contribution in [0.5, 0.6) is 0 Å². The maximum Gasteiger partial charge on any atom is 0.158 e. The summed E-state index contributed by atoms with van der Waals surface area (Å²) in [6.45, 7) is 0. The van der Waals surface area contributed by atoms with Gasteiger partial charge in [0.05, 0.1) is 0 Å². The fourth-order valence-corrected chi connectivity index (χ4v) is 6.71. The summed E-state index contributed by atoms with van der Waals surface area (Å²) in [5.74, 6) is 3.97. The van der Waals surface area contributed by atoms with Crippen molar-refractivity contribution in [2.24, 2.45) is 0 Å². The fourth-order valence-electron chi connectivity index (χ4n) is 4.33. The number of benzene rings is 5. The molecule has 0 unspecified atom stereocenters. The molecule has 0 atom stereocenters. The van der Waals surface area contributed by atoms with Crippen molar-refractivity contribution in [1.29, 1.82) is 0 Å². The SMILES string of the molecule is O=P(C=C(c1ccccc1)c1ccccc1)(C=C(c1ccccc1)c1ccccc1)c1ccccc1. The van der Waals surface area contributed by atoms with Crippen LogP contribution >= 0.6 is 7.14 Å². The first-order chi connectivity index (χ1) is 17.7. The van der Waals surface area contributed by atoms with Gasteiger partial charge in [0.25, 0.3) is 0 Å². The molecule has 0 saturated carbocycles. The molecule has 174 valence electrons. The first-order valence-electron chi connectivity index (χ1n) is 12.1. The second-order valence-electron chi connectivity index (χ2n) is 8.59. The number of hydrogen-bond donors (Lipinski definition) is 0. The van der Waals surface area contributed by atoms with E-state index in [1.165, 1.54) is 0 Å². The molecule has 0 heterocycles. The molecule has 0 aromatic heterocycles. The van der Waals surface area contributed by atoms with Crippen molar-refractivity contribution < 1.29 is 4.57 Å². The quantitative estimate of drug-likeness (QED) is 0.212. The molecule has 5 rings (SSSR count). The van der Waals surface area contributed by atoms with E-state index in [1.54, 1.807) is 0 Å². The van der Waals surface area contributed by atoms with Gasteiger partial charge in [0.2, 0.25) is 0 Å². The molecular weight excluding hydrogens is 455 g/mol. The van der Waals surface area contributed by atoms with Gasteiger partial charge in [0.15, 0.2) is 7.14 Å². The summed E-state index contributed by atoms with van der Waals surface area (Å²) in [4.78, 5) is 0. The van der Waals surface area contributed by atoms with Crippen LogP contribution in [0.4, 0.5) is 0 Å². The summed E-state index contributed by atoms with van der Waals surface area (Å²) in [5, 5.41) is 0.804. The van der Waals surface area contributed by atoms with Gasteiger partial charge in [-0.15, -0.1) is 0 Å². The van der Waals surface area contributed by atoms with Crippen molar-refractivity contribution in [3.05, 3.63) is 186 Å². The Balaban J connectivity index is 1.80. The maximum absolute atomic E-state index is 15.2. The highest BCUT2D eigenvalue weighted by atomic mass is 31.2. The van der Waals surface area contributed by atoms with Crippen molar-refractivity contribution in [1.82, 2.24) is 0 Å². The van der Waals surface area contributed by atoms with Gasteiger partial charge in [0, 0.05) is 5.30 Å². The predicted molar refractivity (Wildman–Crippen MR) is 154 cm³/mol. The Labute approximate surface area is 213 Å². The second-order valence-corrected chi connectivity index (χ2v) is 11.0. The molecule has 5 aromatic rings. The molecule has 0 fully saturated rings. The van der Waals surface area contributed by atoms with E-state index in [0.717, 1.165) is 38.7 Å². The zero-order valence-electron chi connectivity index (χ0n) is 19.9. The van der Waals surface area contributed by atoms with Crippen LogP contribution < -0.4 is 5.30 Å². The molecule has 0 bridgehead atoms. The van der Waals surface area contributed by atoms with E-state index < -0.39 is 7.14 Å². The second kappa shape index (κ2) is 11.0. The summed E-state index contributed by atoms with van der Waals surface area (Å²) in [5.41, 5.74) is 6.06. The average molecular weight is 483 g/mol. The van der Waals surface area contributed by atoms with Gasteiger partial charge in [-0.05, 0) is 45.0 Å². The molecule has 0 N–H and O–H groups in total. The first-order valence-corrected chi connectivity index (χ1v) is 13.9. The molecule has 36 heavy (non-hydrogen) atoms. The molecule has 0 saturated heterocycles. The Kier molecular flexibility index (Phi) is 7.22. The van der Waals surface area contributed by atoms with E-state index in [9.17, 15) is 0 Å². The third kappa shape index (κ3) is 5.38. The third-order valence-corrected chi connectivity index (χ3v) is 8.53. The monoisotopic (exact) mass is 482 g/mol. The summed E-state index contributed by atoms with van der Waals surface area (Å²) >= 11 is 0. The standard InChI is InChI=1S/C34H27OP/c35-36(32-24-14-5-15-25-32,26-33(28-16-6-1-7-17-28)29-18-8-2-9-19-29)27-34(30-20-10-3-11-21-30)31-22-12-4-13-23-31/h1-27H. The fraction of sp³-hybridized carbons (Fsp3) is 0. The maximum atomic E-state index is 15.2. The molecule has 0 aliphatic carbocycles. The first kappa shape index (κ1) is 23.5. The topological polar surface area (TPSA) is 17.1 Å². The highest BCUT2D eigenvalue weighted by Crippen LogP contribution is 2.53. The molecule has 0 aliphatic heterocycles. The molecule has 0 amide bonds. The van der Waals surface area contributed by atoms with Crippen molar-refractivity contribution in [3.8, 4) is 0 Å². The van der Waals surface area contributed by atoms with Crippen LogP contribution in [0.3, 0.4) is 0 Å². The van der Waals surface area contributed by atoms with Crippen molar-refractivity contribution >= 4 is 23.6 Å². The predicted octanol–water partition coefficient (Wildman–Crippen LogP) is 8.85. The van der Waals surface area contributed by atoms with Crippen molar-refractivity contribution in [3.63, 3.8) is 0 Å². The Morgan fingerprint density at radius 2 is 0.639 bits per heavy atom. The van der Waals surface area contributed by atoms with Crippen molar-refractivity contribution in [2.45, 2.75) is 0 Å². The summed E-state index contributed by atoms with van der Waals surface area (Å²) < 4.78 is 15.2. The van der Waals surface area contributed by atoms with E-state index >= 15 is 4.57 Å². The van der Waals surface area contributed by atoms with E-state index in [2.05, 4.69) is 48.5 Å².